The Balaban J connectivity index is 1.91. The molecule has 6 heteroatoms. The standard InChI is InChI=1S/C18H22ClN3OSi/c1-24(2,3)10-9-23-13-22-12-15(14-5-4-7-20-11-14)17-16(19)6-8-21-18(17)22/h4-8,11-12H,9-10,13H2,1-3H3. The van der Waals surface area contributed by atoms with Gasteiger partial charge < -0.3 is 9.30 Å². The predicted octanol–water partition coefficient (Wildman–Crippen LogP) is 5.06. The highest BCUT2D eigenvalue weighted by Gasteiger charge is 2.15. The highest BCUT2D eigenvalue weighted by atomic mass is 35.5. The van der Waals surface area contributed by atoms with E-state index in [9.17, 15) is 0 Å². The molecule has 0 bridgehead atoms. The molecule has 3 aromatic heterocycles. The SMILES string of the molecule is C[Si](C)(C)CCOCn1cc(-c2cccnc2)c2c(Cl)ccnc21. The van der Waals surface area contributed by atoms with Crippen LogP contribution in [0, 0.1) is 0 Å². The van der Waals surface area contributed by atoms with E-state index in [2.05, 4.69) is 35.8 Å². The minimum absolute atomic E-state index is 0.481. The summed E-state index contributed by atoms with van der Waals surface area (Å²) in [5.41, 5.74) is 2.90. The number of pyridine rings is 2. The molecular formula is C18H22ClN3OSi. The molecule has 3 rings (SSSR count). The summed E-state index contributed by atoms with van der Waals surface area (Å²) < 4.78 is 7.91. The molecule has 0 spiro atoms. The molecule has 0 aromatic carbocycles. The Hall–Kier alpha value is -1.69. The van der Waals surface area contributed by atoms with Gasteiger partial charge in [-0.15, -0.1) is 0 Å². The molecule has 126 valence electrons. The summed E-state index contributed by atoms with van der Waals surface area (Å²) in [6, 6.07) is 6.92. The van der Waals surface area contributed by atoms with Crippen molar-refractivity contribution in [2.24, 2.45) is 0 Å². The van der Waals surface area contributed by atoms with Crippen LogP contribution in [-0.2, 0) is 11.5 Å². The average Bonchev–Trinajstić information content (AvgIpc) is 2.92. The van der Waals surface area contributed by atoms with Gasteiger partial charge in [-0.2, -0.15) is 0 Å². The van der Waals surface area contributed by atoms with E-state index in [0.29, 0.717) is 11.8 Å². The molecule has 4 nitrogen and oxygen atoms in total. The molecule has 0 saturated carbocycles. The van der Waals surface area contributed by atoms with Gasteiger partial charge in [0.1, 0.15) is 12.4 Å². The van der Waals surface area contributed by atoms with Crippen molar-refractivity contribution in [1.82, 2.24) is 14.5 Å². The fourth-order valence-electron chi connectivity index (χ4n) is 2.56. The molecule has 0 N–H and O–H groups in total. The van der Waals surface area contributed by atoms with Crippen LogP contribution in [0.2, 0.25) is 30.7 Å². The lowest BCUT2D eigenvalue weighted by Gasteiger charge is -2.15. The number of hydrogen-bond donors (Lipinski definition) is 0. The summed E-state index contributed by atoms with van der Waals surface area (Å²) >= 11 is 6.44. The maximum atomic E-state index is 6.44. The van der Waals surface area contributed by atoms with Crippen molar-refractivity contribution in [3.63, 3.8) is 0 Å². The zero-order valence-corrected chi connectivity index (χ0v) is 16.0. The van der Waals surface area contributed by atoms with Gasteiger partial charge in [-0.1, -0.05) is 37.3 Å². The summed E-state index contributed by atoms with van der Waals surface area (Å²) in [6.45, 7) is 8.31. The van der Waals surface area contributed by atoms with Gasteiger partial charge in [-0.25, -0.2) is 4.98 Å². The second-order valence-corrected chi connectivity index (χ2v) is 13.1. The number of halogens is 1. The number of fused-ring (bicyclic) bond motifs is 1. The quantitative estimate of drug-likeness (QED) is 0.456. The Morgan fingerprint density at radius 2 is 2.04 bits per heavy atom. The van der Waals surface area contributed by atoms with Crippen molar-refractivity contribution in [3.8, 4) is 11.1 Å². The molecule has 0 atom stereocenters. The lowest BCUT2D eigenvalue weighted by molar-refractivity contribution is 0.0899. The first-order chi connectivity index (χ1) is 11.5. The molecule has 24 heavy (non-hydrogen) atoms. The second kappa shape index (κ2) is 7.05. The maximum Gasteiger partial charge on any atom is 0.143 e. The minimum Gasteiger partial charge on any atom is -0.361 e. The topological polar surface area (TPSA) is 39.9 Å². The summed E-state index contributed by atoms with van der Waals surface area (Å²) in [7, 11) is -1.08. The van der Waals surface area contributed by atoms with Crippen molar-refractivity contribution in [1.29, 1.82) is 0 Å². The Bertz CT molecular complexity index is 827. The molecule has 0 fully saturated rings. The van der Waals surface area contributed by atoms with E-state index >= 15 is 0 Å². The number of hydrogen-bond acceptors (Lipinski definition) is 3. The van der Waals surface area contributed by atoms with Gasteiger partial charge >= 0.3 is 0 Å². The van der Waals surface area contributed by atoms with E-state index in [1.54, 1.807) is 12.4 Å². The Morgan fingerprint density at radius 3 is 2.75 bits per heavy atom. The van der Waals surface area contributed by atoms with E-state index in [4.69, 9.17) is 16.3 Å². The zero-order valence-electron chi connectivity index (χ0n) is 14.3. The van der Waals surface area contributed by atoms with Crippen molar-refractivity contribution >= 4 is 30.7 Å². The Labute approximate surface area is 148 Å². The van der Waals surface area contributed by atoms with Gasteiger partial charge in [-0.05, 0) is 18.2 Å². The van der Waals surface area contributed by atoms with Crippen molar-refractivity contribution in [3.05, 3.63) is 48.0 Å². The van der Waals surface area contributed by atoms with E-state index in [1.807, 2.05) is 29.0 Å². The van der Waals surface area contributed by atoms with Crippen LogP contribution < -0.4 is 0 Å². The van der Waals surface area contributed by atoms with Crippen molar-refractivity contribution in [2.75, 3.05) is 6.61 Å². The van der Waals surface area contributed by atoms with Crippen molar-refractivity contribution < 1.29 is 4.74 Å². The van der Waals surface area contributed by atoms with Gasteiger partial charge in [0.25, 0.3) is 0 Å². The first-order valence-corrected chi connectivity index (χ1v) is 12.2. The minimum atomic E-state index is -1.08. The number of ether oxygens (including phenoxy) is 1. The van der Waals surface area contributed by atoms with Crippen LogP contribution in [-0.4, -0.2) is 29.2 Å². The Morgan fingerprint density at radius 1 is 1.21 bits per heavy atom. The highest BCUT2D eigenvalue weighted by Crippen LogP contribution is 2.34. The molecule has 0 amide bonds. The summed E-state index contributed by atoms with van der Waals surface area (Å²) in [5.74, 6) is 0. The Kier molecular flexibility index (Phi) is 5.03. The van der Waals surface area contributed by atoms with Gasteiger partial charge in [0.2, 0.25) is 0 Å². The van der Waals surface area contributed by atoms with Crippen LogP contribution in [0.15, 0.2) is 43.0 Å². The van der Waals surface area contributed by atoms with Crippen LogP contribution in [0.5, 0.6) is 0 Å². The third-order valence-corrected chi connectivity index (χ3v) is 5.92. The maximum absolute atomic E-state index is 6.44. The smallest absolute Gasteiger partial charge is 0.143 e. The third-order valence-electron chi connectivity index (χ3n) is 3.91. The molecule has 0 aliphatic rings. The molecule has 3 heterocycles. The van der Waals surface area contributed by atoms with Crippen LogP contribution in [0.3, 0.4) is 0 Å². The molecule has 0 aliphatic heterocycles. The van der Waals surface area contributed by atoms with E-state index in [0.717, 1.165) is 34.8 Å². The van der Waals surface area contributed by atoms with Gasteiger partial charge in [0, 0.05) is 56.0 Å². The number of aromatic nitrogens is 3. The second-order valence-electron chi connectivity index (χ2n) is 7.09. The normalized spacial score (nSPS) is 12.0. The molecule has 0 unspecified atom stereocenters. The molecule has 0 saturated heterocycles. The largest absolute Gasteiger partial charge is 0.361 e. The fourth-order valence-corrected chi connectivity index (χ4v) is 3.56. The lowest BCUT2D eigenvalue weighted by atomic mass is 10.1. The number of nitrogens with zero attached hydrogens (tertiary/aromatic N) is 3. The summed E-state index contributed by atoms with van der Waals surface area (Å²) in [4.78, 5) is 8.71. The van der Waals surface area contributed by atoms with Crippen LogP contribution in [0.1, 0.15) is 0 Å². The van der Waals surface area contributed by atoms with Gasteiger partial charge in [0.05, 0.1) is 5.02 Å². The lowest BCUT2D eigenvalue weighted by Crippen LogP contribution is -2.22. The van der Waals surface area contributed by atoms with E-state index in [-0.39, 0.29) is 0 Å². The van der Waals surface area contributed by atoms with Crippen LogP contribution in [0.4, 0.5) is 0 Å². The monoisotopic (exact) mass is 359 g/mol. The molecule has 0 aliphatic carbocycles. The number of rotatable bonds is 6. The zero-order chi connectivity index (χ0) is 17.2. The van der Waals surface area contributed by atoms with Crippen molar-refractivity contribution in [2.45, 2.75) is 32.4 Å². The molecule has 3 aromatic rings. The average molecular weight is 360 g/mol. The highest BCUT2D eigenvalue weighted by molar-refractivity contribution is 6.76. The first-order valence-electron chi connectivity index (χ1n) is 8.07. The molecule has 0 radical (unpaired) electrons. The predicted molar refractivity (Wildman–Crippen MR) is 102 cm³/mol. The van der Waals surface area contributed by atoms with Gasteiger partial charge in [0.15, 0.2) is 0 Å². The molecular weight excluding hydrogens is 338 g/mol. The van der Waals surface area contributed by atoms with E-state index < -0.39 is 8.07 Å². The van der Waals surface area contributed by atoms with E-state index in [1.165, 1.54) is 0 Å². The van der Waals surface area contributed by atoms with Crippen LogP contribution in [0.25, 0.3) is 22.2 Å². The third kappa shape index (κ3) is 3.86. The summed E-state index contributed by atoms with van der Waals surface area (Å²) in [6.07, 6.45) is 7.39. The van der Waals surface area contributed by atoms with Crippen LogP contribution >= 0.6 is 11.6 Å². The first kappa shape index (κ1) is 17.1. The van der Waals surface area contributed by atoms with Gasteiger partial charge in [-0.3, -0.25) is 4.98 Å². The fraction of sp³-hybridized carbons (Fsp3) is 0.333. The summed E-state index contributed by atoms with van der Waals surface area (Å²) in [5, 5.41) is 1.64.